The summed E-state index contributed by atoms with van der Waals surface area (Å²) in [5.41, 5.74) is -0.616. The van der Waals surface area contributed by atoms with Crippen molar-refractivity contribution in [2.24, 2.45) is 23.7 Å². The maximum absolute atomic E-state index is 13.4. The monoisotopic (exact) mass is 548 g/mol. The van der Waals surface area contributed by atoms with Gasteiger partial charge < -0.3 is 10.1 Å². The number of anilines is 1. The average Bonchev–Trinajstić information content (AvgIpc) is 3.56. The summed E-state index contributed by atoms with van der Waals surface area (Å²) in [4.78, 5) is 53.4. The van der Waals surface area contributed by atoms with E-state index in [-0.39, 0.29) is 40.8 Å². The minimum Gasteiger partial charge on any atom is -0.454 e. The van der Waals surface area contributed by atoms with Crippen LogP contribution < -0.4 is 5.32 Å². The molecule has 1 saturated heterocycles. The van der Waals surface area contributed by atoms with Crippen molar-refractivity contribution in [3.63, 3.8) is 0 Å². The van der Waals surface area contributed by atoms with Gasteiger partial charge in [-0.1, -0.05) is 41.9 Å². The van der Waals surface area contributed by atoms with Crippen LogP contribution in [-0.4, -0.2) is 41.2 Å². The first-order valence-corrected chi connectivity index (χ1v) is 12.7. The number of fused-ring (bicyclic) bond motifs is 5. The number of esters is 1. The number of amides is 3. The Balaban J connectivity index is 1.31. The first-order chi connectivity index (χ1) is 18.0. The van der Waals surface area contributed by atoms with Gasteiger partial charge in [0, 0.05) is 6.42 Å². The summed E-state index contributed by atoms with van der Waals surface area (Å²) in [6, 6.07) is 9.97. The number of carbonyl (C=O) groups excluding carboxylic acids is 4. The zero-order chi connectivity index (χ0) is 27.2. The lowest BCUT2D eigenvalue weighted by molar-refractivity contribution is -0.160. The Hall–Kier alpha value is -3.40. The highest BCUT2D eigenvalue weighted by molar-refractivity contribution is 6.33. The fraction of sp³-hybridized carbons (Fsp3) is 0.407. The fourth-order valence-corrected chi connectivity index (χ4v) is 6.24. The predicted molar refractivity (Wildman–Crippen MR) is 130 cm³/mol. The molecule has 1 heterocycles. The molecule has 3 fully saturated rings. The van der Waals surface area contributed by atoms with Gasteiger partial charge in [-0.2, -0.15) is 13.2 Å². The molecule has 7 nitrogen and oxygen atoms in total. The summed E-state index contributed by atoms with van der Waals surface area (Å²) in [5.74, 6) is -3.25. The molecule has 2 aromatic rings. The topological polar surface area (TPSA) is 92.8 Å². The van der Waals surface area contributed by atoms with Crippen LogP contribution in [-0.2, 0) is 36.5 Å². The number of ether oxygens (including phenoxy) is 1. The first-order valence-electron chi connectivity index (χ1n) is 12.3. The second kappa shape index (κ2) is 10.1. The van der Waals surface area contributed by atoms with E-state index in [0.29, 0.717) is 11.6 Å². The quantitative estimate of drug-likeness (QED) is 0.407. The zero-order valence-electron chi connectivity index (χ0n) is 20.0. The van der Waals surface area contributed by atoms with E-state index in [1.54, 1.807) is 30.3 Å². The molecule has 0 radical (unpaired) electrons. The molecule has 0 unspecified atom stereocenters. The van der Waals surface area contributed by atoms with Gasteiger partial charge in [-0.05, 0) is 54.9 Å². The summed E-state index contributed by atoms with van der Waals surface area (Å²) in [6.07, 6.45) is -2.04. The van der Waals surface area contributed by atoms with Crippen LogP contribution >= 0.6 is 11.6 Å². The highest BCUT2D eigenvalue weighted by Gasteiger charge is 2.62. The molecule has 0 aromatic heterocycles. The summed E-state index contributed by atoms with van der Waals surface area (Å²) in [7, 11) is 0. The number of alkyl halides is 3. The van der Waals surface area contributed by atoms with Gasteiger partial charge in [0.2, 0.25) is 11.8 Å². The lowest BCUT2D eigenvalue weighted by atomic mass is 9.81. The van der Waals surface area contributed by atoms with Crippen LogP contribution in [0.15, 0.2) is 48.5 Å². The van der Waals surface area contributed by atoms with Crippen molar-refractivity contribution in [2.75, 3.05) is 11.9 Å². The number of hydrogen-bond donors (Lipinski definition) is 1. The van der Waals surface area contributed by atoms with Crippen molar-refractivity contribution in [1.82, 2.24) is 4.90 Å². The second-order valence-electron chi connectivity index (χ2n) is 9.99. The van der Waals surface area contributed by atoms with E-state index >= 15 is 0 Å². The van der Waals surface area contributed by atoms with Gasteiger partial charge in [-0.15, -0.1) is 0 Å². The molecule has 3 amide bonds. The number of imide groups is 1. The zero-order valence-corrected chi connectivity index (χ0v) is 20.8. The molecular formula is C27H24ClF3N2O5. The molecular weight excluding hydrogens is 525 g/mol. The Morgan fingerprint density at radius 1 is 1.03 bits per heavy atom. The molecule has 5 rings (SSSR count). The van der Waals surface area contributed by atoms with Gasteiger partial charge in [0.15, 0.2) is 6.61 Å². The van der Waals surface area contributed by atoms with E-state index in [4.69, 9.17) is 16.3 Å². The van der Waals surface area contributed by atoms with Crippen molar-refractivity contribution in [1.29, 1.82) is 0 Å². The number of halogens is 4. The SMILES string of the molecule is O=C(COC(=O)[C@@H](Cc1ccccc1)N1C(=O)[C@@H]2[C@H]3CC[C@@H](C3)[C@@H]2C1=O)Nc1cc(C(F)(F)F)ccc1Cl. The molecule has 2 aliphatic carbocycles. The van der Waals surface area contributed by atoms with E-state index in [2.05, 4.69) is 5.32 Å². The molecule has 2 saturated carbocycles. The number of benzene rings is 2. The summed E-state index contributed by atoms with van der Waals surface area (Å²) in [6.45, 7) is -0.842. The average molecular weight is 549 g/mol. The van der Waals surface area contributed by atoms with Crippen LogP contribution in [0.1, 0.15) is 30.4 Å². The third kappa shape index (κ3) is 4.89. The van der Waals surface area contributed by atoms with Crippen LogP contribution in [0.25, 0.3) is 0 Å². The van der Waals surface area contributed by atoms with Gasteiger partial charge in [-0.25, -0.2) is 4.79 Å². The van der Waals surface area contributed by atoms with Gasteiger partial charge in [0.25, 0.3) is 5.91 Å². The number of nitrogens with one attached hydrogen (secondary N) is 1. The maximum atomic E-state index is 13.4. The van der Waals surface area contributed by atoms with Gasteiger partial charge >= 0.3 is 12.1 Å². The molecule has 200 valence electrons. The molecule has 5 atom stereocenters. The fourth-order valence-electron chi connectivity index (χ4n) is 6.07. The van der Waals surface area contributed by atoms with Crippen LogP contribution in [0, 0.1) is 23.7 Å². The largest absolute Gasteiger partial charge is 0.454 e. The smallest absolute Gasteiger partial charge is 0.416 e. The Kier molecular flexibility index (Phi) is 6.94. The summed E-state index contributed by atoms with van der Waals surface area (Å²) >= 11 is 5.92. The maximum Gasteiger partial charge on any atom is 0.416 e. The highest BCUT2D eigenvalue weighted by Crippen LogP contribution is 2.56. The summed E-state index contributed by atoms with van der Waals surface area (Å²) in [5, 5.41) is 2.08. The molecule has 0 spiro atoms. The van der Waals surface area contributed by atoms with E-state index in [0.717, 1.165) is 36.3 Å². The van der Waals surface area contributed by atoms with E-state index < -0.39 is 48.1 Å². The Labute approximate surface area is 221 Å². The number of carbonyl (C=O) groups is 4. The van der Waals surface area contributed by atoms with Crippen LogP contribution in [0.4, 0.5) is 18.9 Å². The molecule has 11 heteroatoms. The molecule has 2 bridgehead atoms. The van der Waals surface area contributed by atoms with Crippen molar-refractivity contribution < 1.29 is 37.1 Å². The van der Waals surface area contributed by atoms with E-state index in [9.17, 15) is 32.3 Å². The van der Waals surface area contributed by atoms with Crippen molar-refractivity contribution in [2.45, 2.75) is 37.9 Å². The lowest BCUT2D eigenvalue weighted by Gasteiger charge is -2.26. The van der Waals surface area contributed by atoms with Crippen LogP contribution in [0.2, 0.25) is 5.02 Å². The number of nitrogens with zero attached hydrogens (tertiary/aromatic N) is 1. The molecule has 3 aliphatic rings. The predicted octanol–water partition coefficient (Wildman–Crippen LogP) is 4.48. The Morgan fingerprint density at radius 2 is 1.66 bits per heavy atom. The molecule has 38 heavy (non-hydrogen) atoms. The third-order valence-corrected chi connectivity index (χ3v) is 8.06. The van der Waals surface area contributed by atoms with E-state index in [1.165, 1.54) is 0 Å². The number of hydrogen-bond acceptors (Lipinski definition) is 5. The molecule has 2 aromatic carbocycles. The minimum absolute atomic E-state index is 0.00695. The van der Waals surface area contributed by atoms with E-state index in [1.807, 2.05) is 0 Å². The minimum atomic E-state index is -4.65. The Bertz CT molecular complexity index is 1260. The summed E-state index contributed by atoms with van der Waals surface area (Å²) < 4.78 is 44.3. The first kappa shape index (κ1) is 26.2. The molecule has 1 N–H and O–H groups in total. The van der Waals surface area contributed by atoms with Crippen molar-refractivity contribution in [3.8, 4) is 0 Å². The van der Waals surface area contributed by atoms with Gasteiger partial charge in [0.05, 0.1) is 28.1 Å². The number of likely N-dealkylation sites (tertiary alicyclic amines) is 1. The Morgan fingerprint density at radius 3 is 2.26 bits per heavy atom. The standard InChI is InChI=1S/C27H24ClF3N2O5/c28-18-9-8-17(27(29,30)31)12-19(18)32-21(34)13-38-26(37)20(10-14-4-2-1-3-5-14)33-24(35)22-15-6-7-16(11-15)23(22)25(33)36/h1-5,8-9,12,15-16,20,22-23H,6-7,10-11,13H2,(H,32,34)/t15-,16-,20+,22-,23+/m0/s1. The van der Waals surface area contributed by atoms with Gasteiger partial charge in [-0.3, -0.25) is 19.3 Å². The van der Waals surface area contributed by atoms with Crippen LogP contribution in [0.5, 0.6) is 0 Å². The normalized spacial score (nSPS) is 24.9. The van der Waals surface area contributed by atoms with Gasteiger partial charge in [0.1, 0.15) is 6.04 Å². The van der Waals surface area contributed by atoms with Crippen molar-refractivity contribution >= 4 is 41.0 Å². The molecule has 1 aliphatic heterocycles. The highest BCUT2D eigenvalue weighted by atomic mass is 35.5. The second-order valence-corrected chi connectivity index (χ2v) is 10.4. The third-order valence-electron chi connectivity index (χ3n) is 7.73. The van der Waals surface area contributed by atoms with Crippen molar-refractivity contribution in [3.05, 3.63) is 64.7 Å². The number of rotatable bonds is 7. The lowest BCUT2D eigenvalue weighted by Crippen LogP contribution is -2.48. The van der Waals surface area contributed by atoms with Crippen LogP contribution in [0.3, 0.4) is 0 Å².